The van der Waals surface area contributed by atoms with E-state index in [2.05, 4.69) is 46.8 Å². The SMILES string of the molecule is COC(=O)c1ccccc1C(=O)c1ccc(-c2cc3c(cc2C)C(C)(C)CCC3(C)C)cc1. The van der Waals surface area contributed by atoms with E-state index in [1.807, 2.05) is 24.3 Å². The van der Waals surface area contributed by atoms with Crippen molar-refractivity contribution in [3.63, 3.8) is 0 Å². The minimum absolute atomic E-state index is 0.140. The number of carbonyl (C=O) groups is 2. The lowest BCUT2D eigenvalue weighted by molar-refractivity contribution is 0.0597. The van der Waals surface area contributed by atoms with Gasteiger partial charge in [0.15, 0.2) is 5.78 Å². The van der Waals surface area contributed by atoms with E-state index in [1.54, 1.807) is 24.3 Å². The number of methoxy groups -OCH3 is 1. The molecule has 3 aromatic carbocycles. The highest BCUT2D eigenvalue weighted by Crippen LogP contribution is 2.47. The number of fused-ring (bicyclic) bond motifs is 1. The van der Waals surface area contributed by atoms with Crippen molar-refractivity contribution in [1.29, 1.82) is 0 Å². The summed E-state index contributed by atoms with van der Waals surface area (Å²) >= 11 is 0. The van der Waals surface area contributed by atoms with Gasteiger partial charge < -0.3 is 4.74 Å². The van der Waals surface area contributed by atoms with Gasteiger partial charge in [0.1, 0.15) is 0 Å². The predicted molar refractivity (Wildman–Crippen MR) is 133 cm³/mol. The van der Waals surface area contributed by atoms with Crippen molar-refractivity contribution < 1.29 is 14.3 Å². The molecule has 3 aromatic rings. The fourth-order valence-corrected chi connectivity index (χ4v) is 4.96. The molecule has 0 fully saturated rings. The zero-order valence-electron chi connectivity index (χ0n) is 20.4. The first-order chi connectivity index (χ1) is 15.5. The van der Waals surface area contributed by atoms with E-state index in [4.69, 9.17) is 4.74 Å². The Bertz CT molecular complexity index is 1230. The molecule has 0 aromatic heterocycles. The quantitative estimate of drug-likeness (QED) is 0.323. The van der Waals surface area contributed by atoms with Crippen LogP contribution < -0.4 is 0 Å². The van der Waals surface area contributed by atoms with Crippen molar-refractivity contribution in [3.8, 4) is 11.1 Å². The Morgan fingerprint density at radius 3 is 1.91 bits per heavy atom. The lowest BCUT2D eigenvalue weighted by Crippen LogP contribution is -2.34. The molecule has 3 heteroatoms. The Labute approximate surface area is 196 Å². The molecule has 0 bridgehead atoms. The van der Waals surface area contributed by atoms with Gasteiger partial charge >= 0.3 is 5.97 Å². The predicted octanol–water partition coefficient (Wildman–Crippen LogP) is 7.03. The number of esters is 1. The average molecular weight is 441 g/mol. The van der Waals surface area contributed by atoms with Crippen LogP contribution in [0.2, 0.25) is 0 Å². The molecule has 0 N–H and O–H groups in total. The monoisotopic (exact) mass is 440 g/mol. The molecule has 0 heterocycles. The number of ether oxygens (including phenoxy) is 1. The van der Waals surface area contributed by atoms with Gasteiger partial charge in [-0.05, 0) is 64.5 Å². The van der Waals surface area contributed by atoms with Gasteiger partial charge in [0.2, 0.25) is 0 Å². The average Bonchev–Trinajstić information content (AvgIpc) is 2.81. The van der Waals surface area contributed by atoms with Crippen molar-refractivity contribution >= 4 is 11.8 Å². The summed E-state index contributed by atoms with van der Waals surface area (Å²) in [6.45, 7) is 11.5. The van der Waals surface area contributed by atoms with Crippen LogP contribution in [-0.2, 0) is 15.6 Å². The first-order valence-electron chi connectivity index (χ1n) is 11.5. The fraction of sp³-hybridized carbons (Fsp3) is 0.333. The first-order valence-corrected chi connectivity index (χ1v) is 11.5. The Morgan fingerprint density at radius 1 is 0.788 bits per heavy atom. The minimum Gasteiger partial charge on any atom is -0.465 e. The second-order valence-corrected chi connectivity index (χ2v) is 10.4. The number of hydrogen-bond donors (Lipinski definition) is 0. The number of rotatable bonds is 4. The second kappa shape index (κ2) is 8.30. The van der Waals surface area contributed by atoms with Crippen molar-refractivity contribution in [2.24, 2.45) is 0 Å². The van der Waals surface area contributed by atoms with Crippen molar-refractivity contribution in [3.05, 3.63) is 94.0 Å². The third-order valence-electron chi connectivity index (χ3n) is 7.23. The highest BCUT2D eigenvalue weighted by atomic mass is 16.5. The van der Waals surface area contributed by atoms with Crippen LogP contribution in [0.25, 0.3) is 11.1 Å². The molecule has 0 saturated heterocycles. The summed E-state index contributed by atoms with van der Waals surface area (Å²) in [5.41, 5.74) is 7.91. The summed E-state index contributed by atoms with van der Waals surface area (Å²) in [7, 11) is 1.32. The summed E-state index contributed by atoms with van der Waals surface area (Å²) in [5, 5.41) is 0. The van der Waals surface area contributed by atoms with Gasteiger partial charge in [-0.1, -0.05) is 82.3 Å². The van der Waals surface area contributed by atoms with Crippen LogP contribution in [0, 0.1) is 6.92 Å². The van der Waals surface area contributed by atoms with Gasteiger partial charge in [-0.3, -0.25) is 4.79 Å². The molecular weight excluding hydrogens is 408 g/mol. The van der Waals surface area contributed by atoms with Gasteiger partial charge in [0, 0.05) is 11.1 Å². The number of carbonyl (C=O) groups excluding carboxylic acids is 2. The first kappa shape index (κ1) is 23.0. The van der Waals surface area contributed by atoms with Crippen LogP contribution in [-0.4, -0.2) is 18.9 Å². The van der Waals surface area contributed by atoms with Gasteiger partial charge in [-0.2, -0.15) is 0 Å². The Kier molecular flexibility index (Phi) is 5.78. The molecule has 1 aliphatic rings. The molecule has 0 aliphatic heterocycles. The zero-order chi connectivity index (χ0) is 24.0. The summed E-state index contributed by atoms with van der Waals surface area (Å²) < 4.78 is 4.84. The third kappa shape index (κ3) is 4.13. The molecule has 0 radical (unpaired) electrons. The third-order valence-corrected chi connectivity index (χ3v) is 7.23. The topological polar surface area (TPSA) is 43.4 Å². The van der Waals surface area contributed by atoms with E-state index in [1.165, 1.54) is 42.2 Å². The molecular formula is C30H32O3. The maximum atomic E-state index is 13.1. The summed E-state index contributed by atoms with van der Waals surface area (Å²) in [4.78, 5) is 25.2. The molecule has 1 aliphatic carbocycles. The fourth-order valence-electron chi connectivity index (χ4n) is 4.96. The van der Waals surface area contributed by atoms with Crippen LogP contribution >= 0.6 is 0 Å². The van der Waals surface area contributed by atoms with Crippen LogP contribution in [0.5, 0.6) is 0 Å². The molecule has 170 valence electrons. The van der Waals surface area contributed by atoms with Gasteiger partial charge in [0.05, 0.1) is 12.7 Å². The smallest absolute Gasteiger partial charge is 0.338 e. The molecule has 0 unspecified atom stereocenters. The molecule has 0 spiro atoms. The van der Waals surface area contributed by atoms with E-state index >= 15 is 0 Å². The van der Waals surface area contributed by atoms with E-state index in [9.17, 15) is 9.59 Å². The van der Waals surface area contributed by atoms with E-state index in [-0.39, 0.29) is 22.2 Å². The van der Waals surface area contributed by atoms with Gasteiger partial charge in [-0.15, -0.1) is 0 Å². The van der Waals surface area contributed by atoms with Crippen molar-refractivity contribution in [1.82, 2.24) is 0 Å². The van der Waals surface area contributed by atoms with E-state index < -0.39 is 5.97 Å². The van der Waals surface area contributed by atoms with E-state index in [0.29, 0.717) is 11.1 Å². The molecule has 4 rings (SSSR count). The van der Waals surface area contributed by atoms with Crippen LogP contribution in [0.1, 0.15) is 83.5 Å². The lowest BCUT2D eigenvalue weighted by Gasteiger charge is -2.42. The Hall–Kier alpha value is -3.20. The maximum absolute atomic E-state index is 13.1. The van der Waals surface area contributed by atoms with Gasteiger partial charge in [0.25, 0.3) is 0 Å². The molecule has 0 saturated carbocycles. The van der Waals surface area contributed by atoms with Crippen molar-refractivity contribution in [2.45, 2.75) is 58.3 Å². The summed E-state index contributed by atoms with van der Waals surface area (Å²) in [6.07, 6.45) is 2.36. The molecule has 3 nitrogen and oxygen atoms in total. The normalized spacial score (nSPS) is 16.1. The largest absolute Gasteiger partial charge is 0.465 e. The number of ketones is 1. The standard InChI is InChI=1S/C30H32O3/c1-19-17-25-26(30(4,5)16-15-29(25,2)3)18-24(19)20-11-13-21(14-12-20)27(31)22-9-7-8-10-23(22)28(32)33-6/h7-14,17-18H,15-16H2,1-6H3. The number of hydrogen-bond acceptors (Lipinski definition) is 3. The zero-order valence-corrected chi connectivity index (χ0v) is 20.4. The molecule has 0 amide bonds. The number of benzene rings is 3. The summed E-state index contributed by atoms with van der Waals surface area (Å²) in [5.74, 6) is -0.696. The number of aryl methyl sites for hydroxylation is 1. The highest BCUT2D eigenvalue weighted by molar-refractivity contribution is 6.14. The molecule has 0 atom stereocenters. The van der Waals surface area contributed by atoms with Gasteiger partial charge in [-0.25, -0.2) is 4.79 Å². The lowest BCUT2D eigenvalue weighted by atomic mass is 9.62. The van der Waals surface area contributed by atoms with E-state index in [0.717, 1.165) is 5.56 Å². The second-order valence-electron chi connectivity index (χ2n) is 10.4. The summed E-state index contributed by atoms with van der Waals surface area (Å²) in [6, 6.07) is 19.2. The van der Waals surface area contributed by atoms with Crippen molar-refractivity contribution in [2.75, 3.05) is 7.11 Å². The maximum Gasteiger partial charge on any atom is 0.338 e. The minimum atomic E-state index is -0.509. The Balaban J connectivity index is 1.72. The Morgan fingerprint density at radius 2 is 1.33 bits per heavy atom. The van der Waals surface area contributed by atoms with Crippen LogP contribution in [0.4, 0.5) is 0 Å². The highest BCUT2D eigenvalue weighted by Gasteiger charge is 2.37. The van der Waals surface area contributed by atoms with Crippen LogP contribution in [0.3, 0.4) is 0 Å². The van der Waals surface area contributed by atoms with Crippen LogP contribution in [0.15, 0.2) is 60.7 Å². The molecule has 33 heavy (non-hydrogen) atoms.